The molecule has 3 aromatic rings. The topological polar surface area (TPSA) is 49.4 Å². The molecule has 2 amide bonds. The van der Waals surface area contributed by atoms with Crippen molar-refractivity contribution in [3.8, 4) is 0 Å². The Bertz CT molecular complexity index is 1230. The fourth-order valence-corrected chi connectivity index (χ4v) is 3.96. The third-order valence-corrected chi connectivity index (χ3v) is 6.16. The van der Waals surface area contributed by atoms with Crippen LogP contribution in [0, 0.1) is 13.8 Å². The molecule has 1 heterocycles. The molecule has 0 spiro atoms. The van der Waals surface area contributed by atoms with E-state index in [0.717, 1.165) is 11.3 Å². The molecule has 32 heavy (non-hydrogen) atoms. The number of imide groups is 1. The summed E-state index contributed by atoms with van der Waals surface area (Å²) in [6.07, 6.45) is 0. The van der Waals surface area contributed by atoms with Crippen molar-refractivity contribution in [1.29, 1.82) is 0 Å². The Kier molecular flexibility index (Phi) is 5.90. The molecule has 0 atom stereocenters. The number of amides is 2. The van der Waals surface area contributed by atoms with Crippen molar-refractivity contribution >= 4 is 40.4 Å². The van der Waals surface area contributed by atoms with E-state index >= 15 is 0 Å². The number of carbonyl (C=O) groups excluding carboxylic acids is 2. The number of hydrogen-bond donors (Lipinski definition) is 1. The lowest BCUT2D eigenvalue weighted by Gasteiger charge is -2.18. The van der Waals surface area contributed by atoms with Crippen LogP contribution in [0.2, 0.25) is 5.02 Å². The van der Waals surface area contributed by atoms with Gasteiger partial charge < -0.3 is 5.32 Å². The molecule has 4 rings (SSSR count). The van der Waals surface area contributed by atoms with E-state index < -0.39 is 5.91 Å². The number of carbonyl (C=O) groups is 2. The summed E-state index contributed by atoms with van der Waals surface area (Å²) in [5, 5.41) is 3.72. The summed E-state index contributed by atoms with van der Waals surface area (Å²) in [6, 6.07) is 20.7. The molecule has 1 N–H and O–H groups in total. The van der Waals surface area contributed by atoms with Crippen LogP contribution in [0.25, 0.3) is 5.57 Å². The van der Waals surface area contributed by atoms with E-state index in [0.29, 0.717) is 33.3 Å². The minimum Gasteiger partial charge on any atom is -0.350 e. The minimum absolute atomic E-state index is 0.260. The predicted octanol–water partition coefficient (Wildman–Crippen LogP) is 6.48. The maximum atomic E-state index is 13.6. The fraction of sp³-hybridized carbons (Fsp3) is 0.185. The van der Waals surface area contributed by atoms with E-state index in [-0.39, 0.29) is 11.6 Å². The smallest absolute Gasteiger partial charge is 0.282 e. The van der Waals surface area contributed by atoms with Crippen LogP contribution in [0.4, 0.5) is 11.4 Å². The maximum absolute atomic E-state index is 13.6. The maximum Gasteiger partial charge on any atom is 0.282 e. The Morgan fingerprint density at radius 2 is 1.50 bits per heavy atom. The van der Waals surface area contributed by atoms with E-state index in [2.05, 4.69) is 19.2 Å². The van der Waals surface area contributed by atoms with Crippen molar-refractivity contribution < 1.29 is 9.59 Å². The van der Waals surface area contributed by atoms with Gasteiger partial charge in [-0.2, -0.15) is 0 Å². The molecule has 0 saturated heterocycles. The highest BCUT2D eigenvalue weighted by atomic mass is 35.5. The molecule has 162 valence electrons. The second kappa shape index (κ2) is 8.64. The van der Waals surface area contributed by atoms with E-state index in [1.807, 2.05) is 55.5 Å². The van der Waals surface area contributed by atoms with E-state index in [9.17, 15) is 9.59 Å². The normalized spacial score (nSPS) is 14.0. The van der Waals surface area contributed by atoms with Crippen molar-refractivity contribution in [2.24, 2.45) is 0 Å². The van der Waals surface area contributed by atoms with Gasteiger partial charge in [0.1, 0.15) is 5.70 Å². The number of anilines is 2. The zero-order valence-electron chi connectivity index (χ0n) is 18.6. The van der Waals surface area contributed by atoms with Gasteiger partial charge in [-0.25, -0.2) is 4.90 Å². The lowest BCUT2D eigenvalue weighted by Crippen LogP contribution is -2.33. The molecule has 0 saturated carbocycles. The first-order chi connectivity index (χ1) is 15.3. The van der Waals surface area contributed by atoms with Gasteiger partial charge >= 0.3 is 0 Å². The van der Waals surface area contributed by atoms with Crippen molar-refractivity contribution in [2.45, 2.75) is 33.6 Å². The summed E-state index contributed by atoms with van der Waals surface area (Å²) in [7, 11) is 0. The second-order valence-corrected chi connectivity index (χ2v) is 8.75. The van der Waals surface area contributed by atoms with Gasteiger partial charge in [-0.3, -0.25) is 9.59 Å². The Hall–Kier alpha value is -3.37. The molecule has 0 aliphatic carbocycles. The first-order valence-electron chi connectivity index (χ1n) is 10.6. The average Bonchev–Trinajstić information content (AvgIpc) is 3.01. The summed E-state index contributed by atoms with van der Waals surface area (Å²) < 4.78 is 0. The summed E-state index contributed by atoms with van der Waals surface area (Å²) in [5.74, 6) is -0.364. The fourth-order valence-electron chi connectivity index (χ4n) is 3.79. The number of benzene rings is 3. The van der Waals surface area contributed by atoms with Gasteiger partial charge in [0.2, 0.25) is 0 Å². The quantitative estimate of drug-likeness (QED) is 0.458. The highest BCUT2D eigenvalue weighted by Gasteiger charge is 2.41. The number of nitrogens with one attached hydrogen (secondary N) is 1. The molecule has 3 aromatic carbocycles. The Labute approximate surface area is 193 Å². The molecular formula is C27H25ClN2O2. The van der Waals surface area contributed by atoms with E-state index in [4.69, 9.17) is 11.6 Å². The van der Waals surface area contributed by atoms with Crippen LogP contribution >= 0.6 is 11.6 Å². The van der Waals surface area contributed by atoms with Gasteiger partial charge in [-0.1, -0.05) is 73.5 Å². The number of hydrogen-bond acceptors (Lipinski definition) is 3. The molecule has 0 radical (unpaired) electrons. The molecule has 0 fully saturated rings. The molecule has 1 aliphatic heterocycles. The van der Waals surface area contributed by atoms with Crippen molar-refractivity contribution in [3.63, 3.8) is 0 Å². The van der Waals surface area contributed by atoms with Crippen LogP contribution in [0.15, 0.2) is 72.4 Å². The minimum atomic E-state index is -0.399. The first kappa shape index (κ1) is 21.8. The van der Waals surface area contributed by atoms with Gasteiger partial charge in [0.15, 0.2) is 0 Å². The van der Waals surface area contributed by atoms with Crippen molar-refractivity contribution in [3.05, 3.63) is 99.7 Å². The summed E-state index contributed by atoms with van der Waals surface area (Å²) in [4.78, 5) is 28.3. The molecule has 0 unspecified atom stereocenters. The average molecular weight is 445 g/mol. The highest BCUT2D eigenvalue weighted by molar-refractivity contribution is 6.46. The van der Waals surface area contributed by atoms with Crippen molar-refractivity contribution in [1.82, 2.24) is 0 Å². The monoisotopic (exact) mass is 444 g/mol. The zero-order valence-corrected chi connectivity index (χ0v) is 19.3. The summed E-state index contributed by atoms with van der Waals surface area (Å²) in [5.41, 5.74) is 5.50. The van der Waals surface area contributed by atoms with E-state index in [1.54, 1.807) is 25.1 Å². The third-order valence-electron chi connectivity index (χ3n) is 5.75. The second-order valence-electron chi connectivity index (χ2n) is 8.35. The highest BCUT2D eigenvalue weighted by Crippen LogP contribution is 2.36. The largest absolute Gasteiger partial charge is 0.350 e. The molecule has 0 bridgehead atoms. The predicted molar refractivity (Wildman–Crippen MR) is 131 cm³/mol. The number of halogens is 1. The molecule has 5 heteroatoms. The Balaban J connectivity index is 1.81. The van der Waals surface area contributed by atoms with Crippen molar-refractivity contribution in [2.75, 3.05) is 10.2 Å². The summed E-state index contributed by atoms with van der Waals surface area (Å²) in [6.45, 7) is 8.05. The lowest BCUT2D eigenvalue weighted by atomic mass is 10.0. The standard InChI is InChI=1S/C27H25ClN2O2/c1-16(2)19-12-14-21(15-13-19)29-25-24(20-10-8-17(3)9-11-20)26(31)30(27(25)32)23-7-5-6-22(28)18(23)4/h5-16,29H,1-4H3. The SMILES string of the molecule is Cc1ccc(C2=C(Nc3ccc(C(C)C)cc3)C(=O)N(c3cccc(Cl)c3C)C2=O)cc1. The third kappa shape index (κ3) is 3.94. The van der Waals surface area contributed by atoms with Crippen LogP contribution in [0.5, 0.6) is 0 Å². The van der Waals surface area contributed by atoms with Crippen LogP contribution in [0.3, 0.4) is 0 Å². The molecular weight excluding hydrogens is 420 g/mol. The van der Waals surface area contributed by atoms with Crippen LogP contribution in [-0.4, -0.2) is 11.8 Å². The van der Waals surface area contributed by atoms with E-state index in [1.165, 1.54) is 10.5 Å². The van der Waals surface area contributed by atoms with Crippen LogP contribution < -0.4 is 10.2 Å². The number of rotatable bonds is 5. The van der Waals surface area contributed by atoms with Gasteiger partial charge in [-0.05, 0) is 60.7 Å². The van der Waals surface area contributed by atoms with Gasteiger partial charge in [0, 0.05) is 10.7 Å². The zero-order chi connectivity index (χ0) is 23.0. The Morgan fingerprint density at radius 3 is 2.12 bits per heavy atom. The molecule has 4 nitrogen and oxygen atoms in total. The van der Waals surface area contributed by atoms with Crippen LogP contribution in [-0.2, 0) is 9.59 Å². The van der Waals surface area contributed by atoms with Gasteiger partial charge in [0.25, 0.3) is 11.8 Å². The first-order valence-corrected chi connectivity index (χ1v) is 11.0. The van der Waals surface area contributed by atoms with Gasteiger partial charge in [-0.15, -0.1) is 0 Å². The number of aryl methyl sites for hydroxylation is 1. The van der Waals surface area contributed by atoms with Gasteiger partial charge in [0.05, 0.1) is 11.3 Å². The molecule has 0 aromatic heterocycles. The molecule has 1 aliphatic rings. The Morgan fingerprint density at radius 1 is 0.844 bits per heavy atom. The lowest BCUT2D eigenvalue weighted by molar-refractivity contribution is -0.120. The van der Waals surface area contributed by atoms with Crippen LogP contribution in [0.1, 0.15) is 42.0 Å². The summed E-state index contributed by atoms with van der Waals surface area (Å²) >= 11 is 6.29. The number of nitrogens with zero attached hydrogens (tertiary/aromatic N) is 1.